The average molecular weight is 345 g/mol. The van der Waals surface area contributed by atoms with E-state index in [1.807, 2.05) is 6.20 Å². The summed E-state index contributed by atoms with van der Waals surface area (Å²) in [7, 11) is 0. The number of carboxylic acids is 1. The highest BCUT2D eigenvalue weighted by atomic mass is 16.4. The number of aliphatic carboxylic acids is 1. The Hall–Kier alpha value is -2.68. The number of rotatable bonds is 5. The van der Waals surface area contributed by atoms with Crippen molar-refractivity contribution in [1.29, 1.82) is 0 Å². The maximum absolute atomic E-state index is 12.1. The lowest BCUT2D eigenvalue weighted by Gasteiger charge is -2.42. The molecule has 0 spiro atoms. The van der Waals surface area contributed by atoms with Crippen LogP contribution in [0.1, 0.15) is 12.1 Å². The summed E-state index contributed by atoms with van der Waals surface area (Å²) in [5.41, 5.74) is 1.71. The molecule has 4 N–H and O–H groups in total. The number of aromatic amines is 1. The van der Waals surface area contributed by atoms with E-state index in [4.69, 9.17) is 0 Å². The van der Waals surface area contributed by atoms with Crippen molar-refractivity contribution in [2.75, 3.05) is 19.7 Å². The number of hydrogen-bond donors (Lipinski definition) is 4. The molecule has 0 aliphatic carbocycles. The predicted molar refractivity (Wildman–Crippen MR) is 86.6 cm³/mol. The summed E-state index contributed by atoms with van der Waals surface area (Å²) >= 11 is 0. The third-order valence-corrected chi connectivity index (χ3v) is 5.18. The highest BCUT2D eigenvalue weighted by Gasteiger charge is 2.55. The molecule has 0 saturated carbocycles. The normalized spacial score (nSPS) is 28.4. The van der Waals surface area contributed by atoms with Crippen molar-refractivity contribution in [3.63, 3.8) is 0 Å². The molecule has 1 amide bonds. The zero-order valence-electron chi connectivity index (χ0n) is 13.5. The first kappa shape index (κ1) is 15.8. The lowest BCUT2D eigenvalue weighted by molar-refractivity contribution is -0.157. The fourth-order valence-electron chi connectivity index (χ4n) is 3.88. The zero-order valence-corrected chi connectivity index (χ0v) is 13.5. The topological polar surface area (TPSA) is 131 Å². The number of aliphatic imine (C=N–C) groups is 1. The molecule has 4 heterocycles. The van der Waals surface area contributed by atoms with Crippen molar-refractivity contribution >= 4 is 17.7 Å². The van der Waals surface area contributed by atoms with Gasteiger partial charge in [0.15, 0.2) is 0 Å². The van der Waals surface area contributed by atoms with Gasteiger partial charge in [-0.1, -0.05) is 0 Å². The van der Waals surface area contributed by atoms with Gasteiger partial charge >= 0.3 is 5.97 Å². The van der Waals surface area contributed by atoms with Crippen LogP contribution in [0.4, 0.5) is 0 Å². The molecule has 1 fully saturated rings. The third kappa shape index (κ3) is 2.51. The standard InChI is InChI=1S/C16H19N5O4/c22-6-11-12-2-10(14(16(24)25)21(12)15(11)23)8-3-18-13(19-4-8)1-9-5-17-7-20-9/h5,7-8,11-12,22H,1-4,6H2,(H,17,20)(H,18,19)(H,24,25)/t11-,12-/m1/s1. The van der Waals surface area contributed by atoms with Crippen molar-refractivity contribution < 1.29 is 19.8 Å². The molecule has 25 heavy (non-hydrogen) atoms. The number of aliphatic hydroxyl groups excluding tert-OH is 1. The molecule has 132 valence electrons. The average Bonchev–Trinajstić information content (AvgIpc) is 3.22. The maximum Gasteiger partial charge on any atom is 0.352 e. The molecular formula is C16H19N5O4. The van der Waals surface area contributed by atoms with Gasteiger partial charge in [-0.3, -0.25) is 9.79 Å². The first-order valence-corrected chi connectivity index (χ1v) is 8.25. The molecule has 1 aromatic rings. The summed E-state index contributed by atoms with van der Waals surface area (Å²) in [6.45, 7) is 0.820. The Kier molecular flexibility index (Phi) is 3.79. The second-order valence-corrected chi connectivity index (χ2v) is 6.55. The van der Waals surface area contributed by atoms with Crippen LogP contribution in [-0.2, 0) is 16.0 Å². The smallest absolute Gasteiger partial charge is 0.352 e. The van der Waals surface area contributed by atoms with Crippen LogP contribution in [-0.4, -0.2) is 68.5 Å². The Morgan fingerprint density at radius 2 is 2.28 bits per heavy atom. The second-order valence-electron chi connectivity index (χ2n) is 6.55. The number of imidazole rings is 1. The van der Waals surface area contributed by atoms with E-state index in [9.17, 15) is 19.8 Å². The van der Waals surface area contributed by atoms with Gasteiger partial charge in [0, 0.05) is 31.6 Å². The van der Waals surface area contributed by atoms with Crippen LogP contribution in [0, 0.1) is 11.8 Å². The molecule has 1 saturated heterocycles. The molecule has 9 heteroatoms. The largest absolute Gasteiger partial charge is 0.477 e. The Bertz CT molecular complexity index is 769. The lowest BCUT2D eigenvalue weighted by Crippen LogP contribution is -2.59. The van der Waals surface area contributed by atoms with E-state index in [0.29, 0.717) is 25.9 Å². The highest BCUT2D eigenvalue weighted by molar-refractivity contribution is 5.99. The Morgan fingerprint density at radius 1 is 1.44 bits per heavy atom. The van der Waals surface area contributed by atoms with Gasteiger partial charge in [0.25, 0.3) is 0 Å². The fourth-order valence-corrected chi connectivity index (χ4v) is 3.88. The number of aliphatic hydroxyl groups is 1. The summed E-state index contributed by atoms with van der Waals surface area (Å²) < 4.78 is 0. The second kappa shape index (κ2) is 5.99. The summed E-state index contributed by atoms with van der Waals surface area (Å²) in [5.74, 6) is -1.11. The minimum absolute atomic E-state index is 0.0632. The maximum atomic E-state index is 12.1. The van der Waals surface area contributed by atoms with Gasteiger partial charge in [-0.05, 0) is 12.0 Å². The highest BCUT2D eigenvalue weighted by Crippen LogP contribution is 2.44. The monoisotopic (exact) mass is 345 g/mol. The van der Waals surface area contributed by atoms with E-state index in [1.54, 1.807) is 6.33 Å². The van der Waals surface area contributed by atoms with Crippen molar-refractivity contribution in [3.8, 4) is 0 Å². The van der Waals surface area contributed by atoms with Crippen LogP contribution in [0.2, 0.25) is 0 Å². The number of carbonyl (C=O) groups excluding carboxylic acids is 1. The van der Waals surface area contributed by atoms with E-state index in [0.717, 1.165) is 17.1 Å². The van der Waals surface area contributed by atoms with Gasteiger partial charge in [0.05, 0.1) is 30.6 Å². The van der Waals surface area contributed by atoms with Crippen LogP contribution in [0.3, 0.4) is 0 Å². The number of hydrogen-bond acceptors (Lipinski definition) is 6. The van der Waals surface area contributed by atoms with Crippen LogP contribution in [0.25, 0.3) is 0 Å². The van der Waals surface area contributed by atoms with Gasteiger partial charge in [-0.2, -0.15) is 0 Å². The van der Waals surface area contributed by atoms with Crippen LogP contribution >= 0.6 is 0 Å². The number of β-lactam (4-membered cyclic amide) rings is 1. The number of amides is 1. The fraction of sp³-hybridized carbons (Fsp3) is 0.500. The van der Waals surface area contributed by atoms with Crippen molar-refractivity contribution in [2.24, 2.45) is 16.8 Å². The molecule has 1 unspecified atom stereocenters. The quantitative estimate of drug-likeness (QED) is 0.513. The summed E-state index contributed by atoms with van der Waals surface area (Å²) in [4.78, 5) is 36.7. The van der Waals surface area contributed by atoms with E-state index in [-0.39, 0.29) is 30.2 Å². The molecule has 0 bridgehead atoms. The molecule has 4 rings (SSSR count). The number of nitrogens with zero attached hydrogens (tertiary/aromatic N) is 3. The van der Waals surface area contributed by atoms with E-state index < -0.39 is 11.9 Å². The van der Waals surface area contributed by atoms with Gasteiger partial charge < -0.3 is 25.4 Å². The SMILES string of the molecule is O=C(O)C1=C(C2CN=C(Cc3c[nH]cn3)NC2)C[C@@H]2[C@@H](CO)C(=O)N12. The Morgan fingerprint density at radius 3 is 2.88 bits per heavy atom. The predicted octanol–water partition coefficient (Wildman–Crippen LogP) is -0.868. The van der Waals surface area contributed by atoms with Crippen molar-refractivity contribution in [2.45, 2.75) is 18.9 Å². The number of H-pyrrole nitrogens is 1. The van der Waals surface area contributed by atoms with Crippen molar-refractivity contribution in [1.82, 2.24) is 20.2 Å². The molecule has 1 aromatic heterocycles. The van der Waals surface area contributed by atoms with E-state index >= 15 is 0 Å². The lowest BCUT2D eigenvalue weighted by atomic mass is 9.85. The van der Waals surface area contributed by atoms with Crippen LogP contribution < -0.4 is 5.32 Å². The summed E-state index contributed by atoms with van der Waals surface area (Å²) in [6.07, 6.45) is 4.52. The molecule has 0 radical (unpaired) electrons. The Labute approximate surface area is 143 Å². The molecule has 3 aliphatic heterocycles. The number of nitrogens with one attached hydrogen (secondary N) is 2. The molecule has 3 aliphatic rings. The Balaban J connectivity index is 1.51. The number of amidine groups is 1. The van der Waals surface area contributed by atoms with Crippen molar-refractivity contribution in [3.05, 3.63) is 29.5 Å². The number of carboxylic acid groups (broad SMARTS) is 1. The minimum Gasteiger partial charge on any atom is -0.477 e. The molecule has 3 atom stereocenters. The third-order valence-electron chi connectivity index (χ3n) is 5.18. The first-order valence-electron chi connectivity index (χ1n) is 8.25. The molecular weight excluding hydrogens is 326 g/mol. The summed E-state index contributed by atoms with van der Waals surface area (Å²) in [6, 6.07) is -0.229. The number of carbonyl (C=O) groups is 2. The van der Waals surface area contributed by atoms with Gasteiger partial charge in [-0.25, -0.2) is 9.78 Å². The van der Waals surface area contributed by atoms with Gasteiger partial charge in [-0.15, -0.1) is 0 Å². The molecule has 0 aromatic carbocycles. The van der Waals surface area contributed by atoms with Gasteiger partial charge in [0.2, 0.25) is 5.91 Å². The van der Waals surface area contributed by atoms with E-state index in [1.165, 1.54) is 4.90 Å². The minimum atomic E-state index is -1.09. The van der Waals surface area contributed by atoms with Crippen LogP contribution in [0.5, 0.6) is 0 Å². The number of fused-ring (bicyclic) bond motifs is 1. The summed E-state index contributed by atoms with van der Waals surface area (Å²) in [5, 5.41) is 22.1. The molecule has 9 nitrogen and oxygen atoms in total. The van der Waals surface area contributed by atoms with Gasteiger partial charge in [0.1, 0.15) is 11.5 Å². The van der Waals surface area contributed by atoms with Crippen LogP contribution in [0.15, 0.2) is 28.8 Å². The zero-order chi connectivity index (χ0) is 17.6. The number of aromatic nitrogens is 2. The first-order chi connectivity index (χ1) is 12.1. The van der Waals surface area contributed by atoms with E-state index in [2.05, 4.69) is 20.3 Å².